The lowest BCUT2D eigenvalue weighted by atomic mass is 10.0. The number of ether oxygens (including phenoxy) is 1. The SMILES string of the molecule is O=C(Nc1cnn(Cc2cccc3ccccc23)c1)c1cc(COc2ccccc2Cl)cs1. The van der Waals surface area contributed by atoms with Crippen LogP contribution in [0.1, 0.15) is 20.8 Å². The van der Waals surface area contributed by atoms with Crippen LogP contribution < -0.4 is 10.1 Å². The monoisotopic (exact) mass is 473 g/mol. The maximum Gasteiger partial charge on any atom is 0.265 e. The van der Waals surface area contributed by atoms with Crippen LogP contribution in [-0.2, 0) is 13.2 Å². The number of anilines is 1. The van der Waals surface area contributed by atoms with Crippen molar-refractivity contribution in [2.45, 2.75) is 13.2 Å². The molecule has 0 aliphatic rings. The summed E-state index contributed by atoms with van der Waals surface area (Å²) in [6.07, 6.45) is 3.51. The average molecular weight is 474 g/mol. The summed E-state index contributed by atoms with van der Waals surface area (Å²) in [6.45, 7) is 0.968. The van der Waals surface area contributed by atoms with E-state index in [4.69, 9.17) is 16.3 Å². The first-order valence-corrected chi connectivity index (χ1v) is 11.7. The number of amides is 1. The highest BCUT2D eigenvalue weighted by atomic mass is 35.5. The highest BCUT2D eigenvalue weighted by molar-refractivity contribution is 7.12. The molecule has 0 saturated heterocycles. The smallest absolute Gasteiger partial charge is 0.265 e. The van der Waals surface area contributed by atoms with Crippen molar-refractivity contribution >= 4 is 45.3 Å². The van der Waals surface area contributed by atoms with E-state index in [-0.39, 0.29) is 5.91 Å². The number of carbonyl (C=O) groups excluding carboxylic acids is 1. The number of aromatic nitrogens is 2. The molecule has 0 radical (unpaired) electrons. The van der Waals surface area contributed by atoms with Crippen molar-refractivity contribution in [1.29, 1.82) is 0 Å². The predicted molar refractivity (Wildman–Crippen MR) is 133 cm³/mol. The quantitative estimate of drug-likeness (QED) is 0.288. The van der Waals surface area contributed by atoms with Gasteiger partial charge in [0.05, 0.1) is 28.3 Å². The van der Waals surface area contributed by atoms with E-state index in [1.54, 1.807) is 12.3 Å². The molecule has 0 atom stereocenters. The van der Waals surface area contributed by atoms with Crippen LogP contribution in [0, 0.1) is 0 Å². The number of para-hydroxylation sites is 1. The van der Waals surface area contributed by atoms with Gasteiger partial charge in [0.25, 0.3) is 5.91 Å². The highest BCUT2D eigenvalue weighted by Gasteiger charge is 2.12. The molecular weight excluding hydrogens is 454 g/mol. The van der Waals surface area contributed by atoms with Crippen LogP contribution in [0.3, 0.4) is 0 Å². The molecule has 0 fully saturated rings. The van der Waals surface area contributed by atoms with Crippen LogP contribution >= 0.6 is 22.9 Å². The molecule has 7 heteroatoms. The van der Waals surface area contributed by atoms with Gasteiger partial charge < -0.3 is 10.1 Å². The van der Waals surface area contributed by atoms with Crippen LogP contribution in [0.15, 0.2) is 90.6 Å². The molecule has 5 rings (SSSR count). The second-order valence-corrected chi connectivity index (χ2v) is 8.88. The van der Waals surface area contributed by atoms with Crippen molar-refractivity contribution in [2.75, 3.05) is 5.32 Å². The molecule has 0 aliphatic heterocycles. The van der Waals surface area contributed by atoms with E-state index in [9.17, 15) is 4.79 Å². The summed E-state index contributed by atoms with van der Waals surface area (Å²) in [5, 5.41) is 12.2. The molecule has 2 aromatic heterocycles. The molecule has 1 amide bonds. The van der Waals surface area contributed by atoms with Gasteiger partial charge in [-0.2, -0.15) is 5.10 Å². The normalized spacial score (nSPS) is 10.9. The summed E-state index contributed by atoms with van der Waals surface area (Å²) < 4.78 is 7.58. The van der Waals surface area contributed by atoms with E-state index in [0.717, 1.165) is 5.56 Å². The summed E-state index contributed by atoms with van der Waals surface area (Å²) in [5.41, 5.74) is 2.75. The van der Waals surface area contributed by atoms with Gasteiger partial charge in [0.2, 0.25) is 0 Å². The van der Waals surface area contributed by atoms with Crippen molar-refractivity contribution < 1.29 is 9.53 Å². The zero-order valence-electron chi connectivity index (χ0n) is 17.6. The third-order valence-corrected chi connectivity index (χ3v) is 6.50. The van der Waals surface area contributed by atoms with Crippen LogP contribution in [0.25, 0.3) is 10.8 Å². The van der Waals surface area contributed by atoms with Crippen LogP contribution in [0.2, 0.25) is 5.02 Å². The van der Waals surface area contributed by atoms with Gasteiger partial charge in [-0.1, -0.05) is 66.2 Å². The maximum absolute atomic E-state index is 12.7. The number of fused-ring (bicyclic) bond motifs is 1. The van der Waals surface area contributed by atoms with Crippen molar-refractivity contribution in [3.63, 3.8) is 0 Å². The molecule has 5 nitrogen and oxygen atoms in total. The van der Waals surface area contributed by atoms with Gasteiger partial charge in [0.1, 0.15) is 12.4 Å². The summed E-state index contributed by atoms with van der Waals surface area (Å²) in [4.78, 5) is 13.3. The Morgan fingerprint density at radius 3 is 2.79 bits per heavy atom. The fourth-order valence-corrected chi connectivity index (χ4v) is 4.59. The van der Waals surface area contributed by atoms with Crippen LogP contribution in [0.4, 0.5) is 5.69 Å². The van der Waals surface area contributed by atoms with Gasteiger partial charge in [-0.25, -0.2) is 0 Å². The zero-order chi connectivity index (χ0) is 22.6. The van der Waals surface area contributed by atoms with Crippen molar-refractivity contribution in [3.8, 4) is 5.75 Å². The third kappa shape index (κ3) is 4.92. The lowest BCUT2D eigenvalue weighted by Gasteiger charge is -2.06. The zero-order valence-corrected chi connectivity index (χ0v) is 19.1. The fraction of sp³-hybridized carbons (Fsp3) is 0.0769. The molecule has 0 aliphatic carbocycles. The molecule has 5 aromatic rings. The summed E-state index contributed by atoms with van der Waals surface area (Å²) >= 11 is 7.50. The number of halogens is 1. The van der Waals surface area contributed by atoms with Crippen molar-refractivity contribution in [1.82, 2.24) is 9.78 Å². The lowest BCUT2D eigenvalue weighted by Crippen LogP contribution is -2.09. The van der Waals surface area contributed by atoms with Crippen molar-refractivity contribution in [3.05, 3.63) is 112 Å². The Balaban J connectivity index is 1.22. The minimum atomic E-state index is -0.172. The number of nitrogens with zero attached hydrogens (tertiary/aromatic N) is 2. The maximum atomic E-state index is 12.7. The van der Waals surface area contributed by atoms with Crippen molar-refractivity contribution in [2.24, 2.45) is 0 Å². The molecule has 0 saturated carbocycles. The fourth-order valence-electron chi connectivity index (χ4n) is 3.61. The molecular formula is C26H20ClN3O2S. The van der Waals surface area contributed by atoms with Gasteiger partial charge in [-0.15, -0.1) is 11.3 Å². The second-order valence-electron chi connectivity index (χ2n) is 7.56. The molecule has 164 valence electrons. The third-order valence-electron chi connectivity index (χ3n) is 5.21. The number of hydrogen-bond acceptors (Lipinski definition) is 4. The van der Waals surface area contributed by atoms with Crippen LogP contribution in [0.5, 0.6) is 5.75 Å². The minimum absolute atomic E-state index is 0.172. The summed E-state index contributed by atoms with van der Waals surface area (Å²) in [6, 6.07) is 23.7. The first kappa shape index (κ1) is 21.2. The van der Waals surface area contributed by atoms with Gasteiger partial charge >= 0.3 is 0 Å². The van der Waals surface area contributed by atoms with E-state index in [1.165, 1.54) is 27.7 Å². The van der Waals surface area contributed by atoms with E-state index in [1.807, 2.05) is 58.7 Å². The largest absolute Gasteiger partial charge is 0.487 e. The first-order valence-electron chi connectivity index (χ1n) is 10.4. The first-order chi connectivity index (χ1) is 16.2. The summed E-state index contributed by atoms with van der Waals surface area (Å²) in [7, 11) is 0. The molecule has 0 unspecified atom stereocenters. The van der Waals surface area contributed by atoms with E-state index < -0.39 is 0 Å². The second kappa shape index (κ2) is 9.48. The molecule has 0 spiro atoms. The van der Waals surface area contributed by atoms with E-state index in [2.05, 4.69) is 34.7 Å². The Labute approximate surface area is 200 Å². The van der Waals surface area contributed by atoms with Gasteiger partial charge in [-0.05, 0) is 39.9 Å². The van der Waals surface area contributed by atoms with E-state index >= 15 is 0 Å². The number of carbonyl (C=O) groups is 1. The number of thiophene rings is 1. The number of rotatable bonds is 7. The molecule has 33 heavy (non-hydrogen) atoms. The highest BCUT2D eigenvalue weighted by Crippen LogP contribution is 2.25. The molecule has 2 heterocycles. The predicted octanol–water partition coefficient (Wildman–Crippen LogP) is 6.63. The molecule has 1 N–H and O–H groups in total. The standard InChI is InChI=1S/C26H20ClN3O2S/c27-23-10-3-4-11-24(23)32-16-18-12-25(33-17-18)26(31)29-21-13-28-30(15-21)14-20-8-5-7-19-6-1-2-9-22(19)20/h1-13,15,17H,14,16H2,(H,29,31). The average Bonchev–Trinajstić information content (AvgIpc) is 3.48. The van der Waals surface area contributed by atoms with Gasteiger partial charge in [0.15, 0.2) is 0 Å². The van der Waals surface area contributed by atoms with Crippen LogP contribution in [-0.4, -0.2) is 15.7 Å². The number of benzene rings is 3. The number of hydrogen-bond donors (Lipinski definition) is 1. The molecule has 3 aromatic carbocycles. The Hall–Kier alpha value is -3.61. The topological polar surface area (TPSA) is 56.2 Å². The van der Waals surface area contributed by atoms with Gasteiger partial charge in [0, 0.05) is 11.8 Å². The van der Waals surface area contributed by atoms with E-state index in [0.29, 0.717) is 34.5 Å². The van der Waals surface area contributed by atoms with Gasteiger partial charge in [-0.3, -0.25) is 9.48 Å². The Morgan fingerprint density at radius 1 is 1.06 bits per heavy atom. The lowest BCUT2D eigenvalue weighted by molar-refractivity contribution is 0.103. The Morgan fingerprint density at radius 2 is 1.88 bits per heavy atom. The Bertz CT molecular complexity index is 1420. The number of nitrogens with one attached hydrogen (secondary N) is 1. The Kier molecular flexibility index (Phi) is 6.11. The minimum Gasteiger partial charge on any atom is -0.487 e. The molecule has 0 bridgehead atoms. The summed E-state index contributed by atoms with van der Waals surface area (Å²) in [5.74, 6) is 0.448.